The number of pyridine rings is 1. The average Bonchev–Trinajstić information content (AvgIpc) is 2.23. The van der Waals surface area contributed by atoms with E-state index in [1.165, 1.54) is 11.1 Å². The van der Waals surface area contributed by atoms with Crippen LogP contribution >= 0.6 is 15.9 Å². The van der Waals surface area contributed by atoms with Gasteiger partial charge in [0.05, 0.1) is 11.0 Å². The van der Waals surface area contributed by atoms with E-state index in [1.807, 2.05) is 0 Å². The van der Waals surface area contributed by atoms with Crippen molar-refractivity contribution in [3.63, 3.8) is 0 Å². The molecule has 1 aromatic carbocycles. The van der Waals surface area contributed by atoms with Gasteiger partial charge >= 0.3 is 0 Å². The Balaban J connectivity index is 2.43. The van der Waals surface area contributed by atoms with E-state index in [9.17, 15) is 4.79 Å². The summed E-state index contributed by atoms with van der Waals surface area (Å²) < 4.78 is 2.11. The Morgan fingerprint density at radius 2 is 1.78 bits per heavy atom. The normalized spacial score (nSPS) is 10.6. The van der Waals surface area contributed by atoms with E-state index in [1.54, 1.807) is 16.8 Å². The van der Waals surface area contributed by atoms with E-state index >= 15 is 0 Å². The molecule has 94 valence electrons. The lowest BCUT2D eigenvalue weighted by Crippen LogP contribution is -2.21. The molecule has 0 spiro atoms. The Bertz CT molecular complexity index is 626. The van der Waals surface area contributed by atoms with Crippen molar-refractivity contribution < 1.29 is 0 Å². The highest BCUT2D eigenvalue weighted by Gasteiger charge is 2.04. The predicted octanol–water partition coefficient (Wildman–Crippen LogP) is 2.86. The standard InChI is InChI=1S/C14H15BrN2O/c1-9-3-10(2)5-11(4-9)7-17-8-12(16)6-13(15)14(17)18/h3-6,8H,7,16H2,1-2H3. The Morgan fingerprint density at radius 1 is 1.17 bits per heavy atom. The molecule has 0 fully saturated rings. The van der Waals surface area contributed by atoms with Crippen LogP contribution in [0.15, 0.2) is 39.7 Å². The van der Waals surface area contributed by atoms with Gasteiger partial charge in [-0.25, -0.2) is 0 Å². The summed E-state index contributed by atoms with van der Waals surface area (Å²) in [6.07, 6.45) is 1.67. The molecule has 1 aromatic heterocycles. The van der Waals surface area contributed by atoms with Gasteiger partial charge in [-0.2, -0.15) is 0 Å². The Hall–Kier alpha value is -1.55. The molecule has 2 rings (SSSR count). The van der Waals surface area contributed by atoms with Gasteiger partial charge in [0.25, 0.3) is 5.56 Å². The summed E-state index contributed by atoms with van der Waals surface area (Å²) in [5, 5.41) is 0. The van der Waals surface area contributed by atoms with Crippen LogP contribution in [0.4, 0.5) is 5.69 Å². The molecule has 2 aromatic rings. The molecule has 0 saturated heterocycles. The van der Waals surface area contributed by atoms with Crippen LogP contribution in [0.1, 0.15) is 16.7 Å². The molecule has 1 heterocycles. The van der Waals surface area contributed by atoms with Crippen LogP contribution in [-0.2, 0) is 6.54 Å². The molecule has 0 saturated carbocycles. The summed E-state index contributed by atoms with van der Waals surface area (Å²) in [5.74, 6) is 0. The molecule has 2 N–H and O–H groups in total. The quantitative estimate of drug-likeness (QED) is 0.927. The molecule has 0 bridgehead atoms. The van der Waals surface area contributed by atoms with Crippen LogP contribution < -0.4 is 11.3 Å². The molecule has 18 heavy (non-hydrogen) atoms. The first-order valence-corrected chi connectivity index (χ1v) is 6.47. The molecule has 0 aliphatic heterocycles. The summed E-state index contributed by atoms with van der Waals surface area (Å²) in [6, 6.07) is 7.90. The van der Waals surface area contributed by atoms with Crippen molar-refractivity contribution in [2.75, 3.05) is 5.73 Å². The van der Waals surface area contributed by atoms with Crippen molar-refractivity contribution in [1.82, 2.24) is 4.57 Å². The summed E-state index contributed by atoms with van der Waals surface area (Å²) >= 11 is 3.23. The fourth-order valence-electron chi connectivity index (χ4n) is 2.10. The Kier molecular flexibility index (Phi) is 3.57. The van der Waals surface area contributed by atoms with Crippen LogP contribution in [0.2, 0.25) is 0 Å². The molecular formula is C14H15BrN2O. The second-order valence-electron chi connectivity index (χ2n) is 4.55. The lowest BCUT2D eigenvalue weighted by Gasteiger charge is -2.09. The minimum atomic E-state index is -0.0663. The molecule has 0 atom stereocenters. The number of halogens is 1. The van der Waals surface area contributed by atoms with Crippen molar-refractivity contribution in [2.45, 2.75) is 20.4 Å². The minimum Gasteiger partial charge on any atom is -0.398 e. The van der Waals surface area contributed by atoms with Gasteiger partial charge in [-0.3, -0.25) is 4.79 Å². The van der Waals surface area contributed by atoms with E-state index in [0.29, 0.717) is 16.7 Å². The maximum absolute atomic E-state index is 12.0. The number of aryl methyl sites for hydroxylation is 2. The third-order valence-corrected chi connectivity index (χ3v) is 3.27. The maximum atomic E-state index is 12.0. The van der Waals surface area contributed by atoms with E-state index < -0.39 is 0 Å². The number of nitrogens with zero attached hydrogens (tertiary/aromatic N) is 1. The average molecular weight is 307 g/mol. The van der Waals surface area contributed by atoms with Crippen LogP contribution in [0.5, 0.6) is 0 Å². The Morgan fingerprint density at radius 3 is 2.39 bits per heavy atom. The van der Waals surface area contributed by atoms with Gasteiger partial charge in [-0.05, 0) is 41.4 Å². The van der Waals surface area contributed by atoms with Crippen LogP contribution in [0, 0.1) is 13.8 Å². The Labute approximate surface area is 114 Å². The van der Waals surface area contributed by atoms with E-state index in [-0.39, 0.29) is 5.56 Å². The first-order chi connectivity index (χ1) is 8.45. The summed E-state index contributed by atoms with van der Waals surface area (Å²) in [5.41, 5.74) is 9.76. The monoisotopic (exact) mass is 306 g/mol. The zero-order valence-electron chi connectivity index (χ0n) is 10.4. The molecule has 3 nitrogen and oxygen atoms in total. The molecule has 0 aliphatic carbocycles. The van der Waals surface area contributed by atoms with Crippen LogP contribution in [0.3, 0.4) is 0 Å². The number of rotatable bonds is 2. The number of anilines is 1. The topological polar surface area (TPSA) is 48.0 Å². The highest BCUT2D eigenvalue weighted by Crippen LogP contribution is 2.12. The smallest absolute Gasteiger partial charge is 0.265 e. The predicted molar refractivity (Wildman–Crippen MR) is 77.8 cm³/mol. The summed E-state index contributed by atoms with van der Waals surface area (Å²) in [6.45, 7) is 4.63. The zero-order valence-corrected chi connectivity index (χ0v) is 12.0. The molecule has 0 unspecified atom stereocenters. The van der Waals surface area contributed by atoms with Gasteiger partial charge < -0.3 is 10.3 Å². The van der Waals surface area contributed by atoms with Crippen molar-refractivity contribution in [2.24, 2.45) is 0 Å². The number of hydrogen-bond donors (Lipinski definition) is 1. The van der Waals surface area contributed by atoms with E-state index in [0.717, 1.165) is 5.56 Å². The number of benzene rings is 1. The summed E-state index contributed by atoms with van der Waals surface area (Å²) in [4.78, 5) is 12.0. The number of hydrogen-bond acceptors (Lipinski definition) is 2. The SMILES string of the molecule is Cc1cc(C)cc(Cn2cc(N)cc(Br)c2=O)c1. The third kappa shape index (κ3) is 2.82. The second-order valence-corrected chi connectivity index (χ2v) is 5.40. The molecular weight excluding hydrogens is 292 g/mol. The molecule has 0 amide bonds. The van der Waals surface area contributed by atoms with E-state index in [2.05, 4.69) is 48.0 Å². The van der Waals surface area contributed by atoms with Crippen molar-refractivity contribution in [3.8, 4) is 0 Å². The highest BCUT2D eigenvalue weighted by atomic mass is 79.9. The van der Waals surface area contributed by atoms with Gasteiger partial charge in [0.1, 0.15) is 0 Å². The fourth-order valence-corrected chi connectivity index (χ4v) is 2.59. The number of nitrogen functional groups attached to an aromatic ring is 1. The van der Waals surface area contributed by atoms with Gasteiger partial charge in [0.15, 0.2) is 0 Å². The first-order valence-electron chi connectivity index (χ1n) is 5.68. The largest absolute Gasteiger partial charge is 0.398 e. The second kappa shape index (κ2) is 4.98. The molecule has 0 aliphatic rings. The number of nitrogens with two attached hydrogens (primary N) is 1. The third-order valence-electron chi connectivity index (χ3n) is 2.70. The number of aromatic nitrogens is 1. The summed E-state index contributed by atoms with van der Waals surface area (Å²) in [7, 11) is 0. The maximum Gasteiger partial charge on any atom is 0.265 e. The van der Waals surface area contributed by atoms with Crippen molar-refractivity contribution in [3.05, 3.63) is 62.0 Å². The van der Waals surface area contributed by atoms with Gasteiger partial charge in [0, 0.05) is 11.9 Å². The first kappa shape index (κ1) is 12.9. The highest BCUT2D eigenvalue weighted by molar-refractivity contribution is 9.10. The van der Waals surface area contributed by atoms with Gasteiger partial charge in [-0.15, -0.1) is 0 Å². The lowest BCUT2D eigenvalue weighted by molar-refractivity contribution is 0.756. The minimum absolute atomic E-state index is 0.0663. The fraction of sp³-hybridized carbons (Fsp3) is 0.214. The van der Waals surface area contributed by atoms with Crippen molar-refractivity contribution >= 4 is 21.6 Å². The van der Waals surface area contributed by atoms with Crippen LogP contribution in [-0.4, -0.2) is 4.57 Å². The lowest BCUT2D eigenvalue weighted by atomic mass is 10.1. The van der Waals surface area contributed by atoms with Gasteiger partial charge in [0.2, 0.25) is 0 Å². The van der Waals surface area contributed by atoms with E-state index in [4.69, 9.17) is 5.73 Å². The molecule has 4 heteroatoms. The zero-order chi connectivity index (χ0) is 13.3. The molecule has 0 radical (unpaired) electrons. The van der Waals surface area contributed by atoms with Gasteiger partial charge in [-0.1, -0.05) is 29.3 Å². The van der Waals surface area contributed by atoms with Crippen molar-refractivity contribution in [1.29, 1.82) is 0 Å². The van der Waals surface area contributed by atoms with Crippen LogP contribution in [0.25, 0.3) is 0 Å².